The summed E-state index contributed by atoms with van der Waals surface area (Å²) in [7, 11) is 0. The normalized spacial score (nSPS) is 15.0. The van der Waals surface area contributed by atoms with Crippen LogP contribution in [0.4, 0.5) is 11.5 Å². The molecule has 0 fully saturated rings. The Balaban J connectivity index is 0.000000254. The average Bonchev–Trinajstić information content (AvgIpc) is 2.52. The number of halogens is 5. The predicted molar refractivity (Wildman–Crippen MR) is 98.2 cm³/mol. The van der Waals surface area contributed by atoms with Crippen molar-refractivity contribution in [1.29, 1.82) is 0 Å². The van der Waals surface area contributed by atoms with Crippen LogP contribution in [0, 0.1) is 0 Å². The molecule has 0 saturated carbocycles. The minimum atomic E-state index is -3.69. The van der Waals surface area contributed by atoms with Gasteiger partial charge in [-0.15, -0.1) is 0 Å². The van der Waals surface area contributed by atoms with Gasteiger partial charge in [-0.1, -0.05) is 18.2 Å². The first-order chi connectivity index (χ1) is 10.1. The smallest absolute Gasteiger partial charge is 0.169 e. The quantitative estimate of drug-likeness (QED) is 0.475. The number of pyridine rings is 1. The average molecular weight is 418 g/mol. The number of nitrogens with one attached hydrogen (secondary N) is 1. The molecule has 0 unspecified atom stereocenters. The van der Waals surface area contributed by atoms with Gasteiger partial charge >= 0.3 is 59.6 Å². The van der Waals surface area contributed by atoms with Crippen molar-refractivity contribution in [3.63, 3.8) is 0 Å². The third-order valence-corrected chi connectivity index (χ3v) is 2.72. The van der Waals surface area contributed by atoms with Gasteiger partial charge in [0.2, 0.25) is 0 Å². The van der Waals surface area contributed by atoms with Crippen LogP contribution in [0.1, 0.15) is 15.9 Å². The Morgan fingerprint density at radius 2 is 1.64 bits per heavy atom. The molecule has 3 nitrogen and oxygen atoms in total. The number of anilines is 2. The van der Waals surface area contributed by atoms with E-state index >= 15 is 0 Å². The first-order valence-electron chi connectivity index (χ1n) is 6.02. The van der Waals surface area contributed by atoms with Gasteiger partial charge in [0.05, 0.1) is 5.69 Å². The molecule has 0 saturated heterocycles. The van der Waals surface area contributed by atoms with Crippen molar-refractivity contribution in [2.75, 3.05) is 5.32 Å². The van der Waals surface area contributed by atoms with Crippen molar-refractivity contribution in [2.24, 2.45) is 0 Å². The number of nitrogens with zero attached hydrogens (tertiary/aromatic N) is 1. The molecule has 0 radical (unpaired) electrons. The molecule has 0 bridgehead atoms. The second kappa shape index (κ2) is 6.68. The molecule has 1 aromatic carbocycles. The summed E-state index contributed by atoms with van der Waals surface area (Å²) in [6.45, 7) is 0. The van der Waals surface area contributed by atoms with E-state index in [0.717, 1.165) is 22.6 Å². The molecule has 1 aromatic heterocycles. The first kappa shape index (κ1) is 18.1. The van der Waals surface area contributed by atoms with Crippen LogP contribution in [0.15, 0.2) is 42.6 Å². The van der Waals surface area contributed by atoms with Crippen LogP contribution >= 0.6 is 59.6 Å². The van der Waals surface area contributed by atoms with E-state index in [9.17, 15) is 4.79 Å². The summed E-state index contributed by atoms with van der Waals surface area (Å²) >= 11 is 24.9. The molecule has 0 spiro atoms. The number of carbonyl (C=O) groups excluding carboxylic acids is 1. The zero-order valence-corrected chi connectivity index (χ0v) is 15.6. The fraction of sp³-hybridized carbons (Fsp3) is 0.0769. The minimum absolute atomic E-state index is 0.134. The van der Waals surface area contributed by atoms with Gasteiger partial charge in [0.25, 0.3) is 0 Å². The third-order valence-electron chi connectivity index (χ3n) is 2.72. The van der Waals surface area contributed by atoms with Crippen LogP contribution in [-0.4, -0.2) is 10.8 Å². The van der Waals surface area contributed by atoms with Gasteiger partial charge in [0, 0.05) is 23.7 Å². The Labute approximate surface area is 151 Å². The number of carbonyl (C=O) groups is 1. The minimum Gasteiger partial charge on any atom is -0.339 e. The van der Waals surface area contributed by atoms with Crippen molar-refractivity contribution >= 4 is 76.9 Å². The largest absolute Gasteiger partial charge is 0.339 e. The van der Waals surface area contributed by atoms with E-state index in [1.165, 1.54) is 0 Å². The number of para-hydroxylation sites is 1. The summed E-state index contributed by atoms with van der Waals surface area (Å²) in [5.41, 5.74) is 2.52. The van der Waals surface area contributed by atoms with E-state index in [4.69, 9.17) is 56.2 Å². The fourth-order valence-corrected chi connectivity index (χ4v) is 1.92. The topological polar surface area (TPSA) is 42.0 Å². The van der Waals surface area contributed by atoms with E-state index in [1.807, 2.05) is 36.4 Å². The summed E-state index contributed by atoms with van der Waals surface area (Å²) in [5, 5.41) is 3.20. The van der Waals surface area contributed by atoms with Crippen LogP contribution in [0.25, 0.3) is 0 Å². The van der Waals surface area contributed by atoms with Gasteiger partial charge in [0.1, 0.15) is 5.82 Å². The number of benzene rings is 1. The number of fused-ring (bicyclic) bond motifs is 2. The molecule has 1 aliphatic rings. The molecule has 3 rings (SSSR count). The standard InChI is InChI=1S/C13H10N2O.Cl5P/c16-12-8-9-4-3-7-14-13(9)15-11-6-2-1-5-10(11)12;1-6(2,3,4)5/h1-7H,8H2,(H,14,15);. The van der Waals surface area contributed by atoms with Gasteiger partial charge in [-0.2, -0.15) is 0 Å². The Morgan fingerprint density at radius 3 is 2.32 bits per heavy atom. The van der Waals surface area contributed by atoms with Gasteiger partial charge < -0.3 is 5.32 Å². The van der Waals surface area contributed by atoms with Crippen LogP contribution in [0.5, 0.6) is 0 Å². The van der Waals surface area contributed by atoms with Crippen molar-refractivity contribution in [2.45, 2.75) is 6.42 Å². The molecule has 1 N–H and O–H groups in total. The molecule has 2 heterocycles. The summed E-state index contributed by atoms with van der Waals surface area (Å²) in [5.74, 6) is 0.913. The van der Waals surface area contributed by atoms with Crippen molar-refractivity contribution in [1.82, 2.24) is 4.98 Å². The Kier molecular flexibility index (Phi) is 5.49. The molecule has 1 aliphatic heterocycles. The zero-order valence-electron chi connectivity index (χ0n) is 10.9. The predicted octanol–water partition coefficient (Wildman–Crippen LogP) is 6.87. The molecule has 118 valence electrons. The first-order valence-corrected chi connectivity index (χ1v) is 12.8. The van der Waals surface area contributed by atoms with Gasteiger partial charge in [-0.05, 0) is 18.2 Å². The monoisotopic (exact) mass is 416 g/mol. The maximum absolute atomic E-state index is 12.0. The fourth-order valence-electron chi connectivity index (χ4n) is 1.92. The van der Waals surface area contributed by atoms with Gasteiger partial charge in [0.15, 0.2) is 5.78 Å². The number of aromatic nitrogens is 1. The Hall–Kier alpha value is -0.280. The van der Waals surface area contributed by atoms with Crippen molar-refractivity contribution in [3.8, 4) is 0 Å². The SMILES string of the molecule is ClP(Cl)(Cl)(Cl)Cl.O=C1Cc2cccnc2Nc2ccccc21. The van der Waals surface area contributed by atoms with E-state index in [2.05, 4.69) is 10.3 Å². The molecule has 2 aromatic rings. The van der Waals surface area contributed by atoms with Crippen LogP contribution in [0.3, 0.4) is 0 Å². The summed E-state index contributed by atoms with van der Waals surface area (Å²) in [4.78, 5) is 16.2. The van der Waals surface area contributed by atoms with Gasteiger partial charge in [-0.25, -0.2) is 4.98 Å². The van der Waals surface area contributed by atoms with Crippen LogP contribution in [0.2, 0.25) is 0 Å². The second-order valence-corrected chi connectivity index (χ2v) is 21.0. The zero-order chi connectivity index (χ0) is 16.4. The number of hydrogen-bond donors (Lipinski definition) is 1. The molecule has 22 heavy (non-hydrogen) atoms. The van der Waals surface area contributed by atoms with E-state index in [-0.39, 0.29) is 5.78 Å². The molecule has 0 atom stereocenters. The second-order valence-electron chi connectivity index (χ2n) is 4.42. The van der Waals surface area contributed by atoms with Gasteiger partial charge in [-0.3, -0.25) is 4.79 Å². The summed E-state index contributed by atoms with van der Waals surface area (Å²) in [6, 6.07) is 11.3. The molecule has 0 amide bonds. The van der Waals surface area contributed by atoms with Crippen LogP contribution < -0.4 is 5.32 Å². The summed E-state index contributed by atoms with van der Waals surface area (Å²) in [6.07, 6.45) is 2.14. The van der Waals surface area contributed by atoms with Crippen molar-refractivity contribution < 1.29 is 4.79 Å². The molecule has 9 heteroatoms. The van der Waals surface area contributed by atoms with Crippen LogP contribution in [-0.2, 0) is 6.42 Å². The maximum atomic E-state index is 12.0. The number of hydrogen-bond acceptors (Lipinski definition) is 3. The number of rotatable bonds is 0. The van der Waals surface area contributed by atoms with E-state index < -0.39 is 3.37 Å². The van der Waals surface area contributed by atoms with E-state index in [1.54, 1.807) is 6.20 Å². The molecule has 0 aliphatic carbocycles. The van der Waals surface area contributed by atoms with E-state index in [0.29, 0.717) is 6.42 Å². The third kappa shape index (κ3) is 6.08. The Morgan fingerprint density at radius 1 is 1.00 bits per heavy atom. The molecular formula is C13H10Cl5N2OP. The number of Topliss-reactive ketones (excluding diaryl/α,β-unsaturated/α-hetero) is 1. The summed E-state index contributed by atoms with van der Waals surface area (Å²) < 4.78 is -3.69. The number of ketones is 1. The maximum Gasteiger partial charge on any atom is 0.169 e. The van der Waals surface area contributed by atoms with Crippen molar-refractivity contribution in [3.05, 3.63) is 53.7 Å². The molecular weight excluding hydrogens is 408 g/mol. The Bertz CT molecular complexity index is 698.